The van der Waals surface area contributed by atoms with Gasteiger partial charge in [0, 0.05) is 17.6 Å². The lowest BCUT2D eigenvalue weighted by molar-refractivity contribution is -0.113. The Hall–Kier alpha value is -1.84. The zero-order valence-corrected chi connectivity index (χ0v) is 11.0. The second kappa shape index (κ2) is 4.44. The summed E-state index contributed by atoms with van der Waals surface area (Å²) >= 11 is 0. The molecule has 1 aliphatic rings. The Kier molecular flexibility index (Phi) is 3.11. The molecule has 0 bridgehead atoms. The lowest BCUT2D eigenvalue weighted by Crippen LogP contribution is -2.00. The van der Waals surface area contributed by atoms with Crippen molar-refractivity contribution in [3.8, 4) is 0 Å². The van der Waals surface area contributed by atoms with Crippen LogP contribution < -0.4 is 0 Å². The maximum absolute atomic E-state index is 11.4. The van der Waals surface area contributed by atoms with Crippen LogP contribution in [0.5, 0.6) is 0 Å². The maximum atomic E-state index is 11.4. The predicted molar refractivity (Wildman–Crippen MR) is 65.3 cm³/mol. The molecule has 4 heteroatoms. The zero-order valence-electron chi connectivity index (χ0n) is 11.0. The van der Waals surface area contributed by atoms with E-state index < -0.39 is 0 Å². The minimum atomic E-state index is -0.294. The third-order valence-electron chi connectivity index (χ3n) is 3.31. The summed E-state index contributed by atoms with van der Waals surface area (Å²) in [6, 6.07) is 0. The molecule has 1 unspecified atom stereocenters. The van der Waals surface area contributed by atoms with Crippen molar-refractivity contribution in [2.24, 2.45) is 0 Å². The molecule has 0 amide bonds. The number of Topliss-reactive ketones (excluding diaryl/α,β-unsaturated/α-hetero) is 2. The van der Waals surface area contributed by atoms with Crippen LogP contribution in [0.15, 0.2) is 22.0 Å². The van der Waals surface area contributed by atoms with Crippen LogP contribution >= 0.6 is 0 Å². The molecule has 18 heavy (non-hydrogen) atoms. The van der Waals surface area contributed by atoms with Crippen LogP contribution in [-0.4, -0.2) is 11.6 Å². The molecule has 2 rings (SSSR count). The molecule has 0 radical (unpaired) electrons. The number of ether oxygens (including phenoxy) is 1. The molecular weight excluding hydrogens is 232 g/mol. The molecule has 0 fully saturated rings. The van der Waals surface area contributed by atoms with Gasteiger partial charge in [-0.1, -0.05) is 0 Å². The van der Waals surface area contributed by atoms with Gasteiger partial charge in [-0.2, -0.15) is 0 Å². The first-order valence-electron chi connectivity index (χ1n) is 5.88. The Morgan fingerprint density at radius 2 is 1.89 bits per heavy atom. The number of ketones is 2. The van der Waals surface area contributed by atoms with Crippen LogP contribution in [-0.2, 0) is 9.53 Å². The predicted octanol–water partition coefficient (Wildman–Crippen LogP) is 3.12. The largest absolute Gasteiger partial charge is 0.486 e. The van der Waals surface area contributed by atoms with Gasteiger partial charge in [0.25, 0.3) is 0 Å². The number of furan rings is 1. The summed E-state index contributed by atoms with van der Waals surface area (Å²) in [5.41, 5.74) is 2.06. The Labute approximate surface area is 106 Å². The van der Waals surface area contributed by atoms with Crippen molar-refractivity contribution in [2.75, 3.05) is 0 Å². The highest BCUT2D eigenvalue weighted by molar-refractivity contribution is 5.95. The Morgan fingerprint density at radius 1 is 1.22 bits per heavy atom. The highest BCUT2D eigenvalue weighted by Crippen LogP contribution is 2.38. The van der Waals surface area contributed by atoms with Crippen LogP contribution in [0.3, 0.4) is 0 Å². The van der Waals surface area contributed by atoms with Gasteiger partial charge in [0.15, 0.2) is 17.7 Å². The first-order chi connectivity index (χ1) is 8.41. The Morgan fingerprint density at radius 3 is 2.33 bits per heavy atom. The second-order valence-corrected chi connectivity index (χ2v) is 4.60. The van der Waals surface area contributed by atoms with E-state index in [4.69, 9.17) is 9.15 Å². The molecule has 1 aromatic heterocycles. The van der Waals surface area contributed by atoms with E-state index >= 15 is 0 Å². The van der Waals surface area contributed by atoms with Crippen LogP contribution in [0.4, 0.5) is 0 Å². The van der Waals surface area contributed by atoms with E-state index in [0.717, 1.165) is 5.56 Å². The number of hydrogen-bond donors (Lipinski definition) is 0. The standard InChI is InChI=1S/C14H16O4/c1-7-12(9(3)16)6-17-14(7)13-5-11(8(2)15)10(4)18-13/h6,13H,5H2,1-4H3. The van der Waals surface area contributed by atoms with Crippen LogP contribution in [0.1, 0.15) is 55.0 Å². The van der Waals surface area contributed by atoms with Gasteiger partial charge < -0.3 is 9.15 Å². The molecule has 2 heterocycles. The van der Waals surface area contributed by atoms with E-state index in [1.165, 1.54) is 20.1 Å². The zero-order chi connectivity index (χ0) is 13.4. The van der Waals surface area contributed by atoms with Crippen molar-refractivity contribution in [1.29, 1.82) is 0 Å². The normalized spacial score (nSPS) is 19.0. The van der Waals surface area contributed by atoms with Gasteiger partial charge >= 0.3 is 0 Å². The van der Waals surface area contributed by atoms with Gasteiger partial charge in [0.1, 0.15) is 17.8 Å². The summed E-state index contributed by atoms with van der Waals surface area (Å²) in [7, 11) is 0. The van der Waals surface area contributed by atoms with E-state index in [9.17, 15) is 9.59 Å². The molecular formula is C14H16O4. The molecule has 1 atom stereocenters. The highest BCUT2D eigenvalue weighted by Gasteiger charge is 2.31. The molecule has 1 aromatic rings. The number of hydrogen-bond acceptors (Lipinski definition) is 4. The van der Waals surface area contributed by atoms with Gasteiger partial charge in [-0.15, -0.1) is 0 Å². The van der Waals surface area contributed by atoms with Crippen LogP contribution in [0, 0.1) is 6.92 Å². The molecule has 0 aliphatic carbocycles. The number of carbonyl (C=O) groups is 2. The quantitative estimate of drug-likeness (QED) is 0.771. The van der Waals surface area contributed by atoms with E-state index in [2.05, 4.69) is 0 Å². The average molecular weight is 248 g/mol. The lowest BCUT2D eigenvalue weighted by atomic mass is 10.0. The van der Waals surface area contributed by atoms with E-state index in [1.54, 1.807) is 6.92 Å². The fourth-order valence-corrected chi connectivity index (χ4v) is 2.29. The summed E-state index contributed by atoms with van der Waals surface area (Å²) in [5.74, 6) is 1.27. The maximum Gasteiger partial charge on any atom is 0.163 e. The smallest absolute Gasteiger partial charge is 0.163 e. The Balaban J connectivity index is 2.27. The molecule has 4 nitrogen and oxygen atoms in total. The first kappa shape index (κ1) is 12.6. The highest BCUT2D eigenvalue weighted by atomic mass is 16.5. The third kappa shape index (κ3) is 1.98. The van der Waals surface area contributed by atoms with Gasteiger partial charge in [-0.05, 0) is 27.7 Å². The Bertz CT molecular complexity index is 548. The van der Waals surface area contributed by atoms with Gasteiger partial charge in [0.2, 0.25) is 0 Å². The fraction of sp³-hybridized carbons (Fsp3) is 0.429. The van der Waals surface area contributed by atoms with Gasteiger partial charge in [-0.25, -0.2) is 0 Å². The third-order valence-corrected chi connectivity index (χ3v) is 3.31. The van der Waals surface area contributed by atoms with Gasteiger partial charge in [0.05, 0.1) is 5.56 Å². The fourth-order valence-electron chi connectivity index (χ4n) is 2.29. The summed E-state index contributed by atoms with van der Waals surface area (Å²) in [6.45, 7) is 6.64. The average Bonchev–Trinajstić information content (AvgIpc) is 2.81. The van der Waals surface area contributed by atoms with Crippen molar-refractivity contribution in [3.05, 3.63) is 34.5 Å². The monoisotopic (exact) mass is 248 g/mol. The SMILES string of the molecule is CC(=O)C1=C(C)OC(c2occ(C(C)=O)c2C)C1. The van der Waals surface area contributed by atoms with Crippen molar-refractivity contribution in [3.63, 3.8) is 0 Å². The summed E-state index contributed by atoms with van der Waals surface area (Å²) in [5, 5.41) is 0. The summed E-state index contributed by atoms with van der Waals surface area (Å²) < 4.78 is 11.1. The topological polar surface area (TPSA) is 56.5 Å². The molecule has 0 saturated heterocycles. The minimum absolute atomic E-state index is 0.0194. The van der Waals surface area contributed by atoms with E-state index in [1.807, 2.05) is 6.92 Å². The van der Waals surface area contributed by atoms with Crippen molar-refractivity contribution in [1.82, 2.24) is 0 Å². The molecule has 0 spiro atoms. The number of rotatable bonds is 3. The molecule has 1 aliphatic heterocycles. The summed E-state index contributed by atoms with van der Waals surface area (Å²) in [6.07, 6.45) is 1.67. The van der Waals surface area contributed by atoms with Crippen LogP contribution in [0.25, 0.3) is 0 Å². The van der Waals surface area contributed by atoms with E-state index in [0.29, 0.717) is 29.1 Å². The van der Waals surface area contributed by atoms with Gasteiger partial charge in [-0.3, -0.25) is 9.59 Å². The first-order valence-corrected chi connectivity index (χ1v) is 5.88. The number of allylic oxidation sites excluding steroid dienone is 1. The lowest BCUT2D eigenvalue weighted by Gasteiger charge is -2.09. The summed E-state index contributed by atoms with van der Waals surface area (Å²) in [4.78, 5) is 22.8. The molecule has 0 N–H and O–H groups in total. The second-order valence-electron chi connectivity index (χ2n) is 4.60. The molecule has 0 saturated carbocycles. The van der Waals surface area contributed by atoms with Crippen molar-refractivity contribution in [2.45, 2.75) is 40.2 Å². The van der Waals surface area contributed by atoms with E-state index in [-0.39, 0.29) is 17.7 Å². The number of carbonyl (C=O) groups excluding carboxylic acids is 2. The molecule has 96 valence electrons. The van der Waals surface area contributed by atoms with Crippen molar-refractivity contribution >= 4 is 11.6 Å². The van der Waals surface area contributed by atoms with Crippen LogP contribution in [0.2, 0.25) is 0 Å². The molecule has 0 aromatic carbocycles. The van der Waals surface area contributed by atoms with Crippen molar-refractivity contribution < 1.29 is 18.7 Å². The minimum Gasteiger partial charge on any atom is -0.486 e.